The molecule has 0 radical (unpaired) electrons. The lowest BCUT2D eigenvalue weighted by molar-refractivity contribution is 0.101. The lowest BCUT2D eigenvalue weighted by Gasteiger charge is -2.44. The summed E-state index contributed by atoms with van der Waals surface area (Å²) in [7, 11) is 0. The number of amides is 2. The van der Waals surface area contributed by atoms with Crippen LogP contribution in [0.4, 0.5) is 4.79 Å². The zero-order valence-corrected chi connectivity index (χ0v) is 20.6. The molecule has 7 heteroatoms. The van der Waals surface area contributed by atoms with Gasteiger partial charge < -0.3 is 4.90 Å². The highest BCUT2D eigenvalue weighted by Crippen LogP contribution is 2.47. The maximum absolute atomic E-state index is 12.9. The molecule has 31 heavy (non-hydrogen) atoms. The summed E-state index contributed by atoms with van der Waals surface area (Å²) in [5.41, 5.74) is 7.22. The molecule has 2 aromatic rings. The van der Waals surface area contributed by atoms with Gasteiger partial charge >= 0.3 is 6.03 Å². The summed E-state index contributed by atoms with van der Waals surface area (Å²) in [4.78, 5) is 29.7. The van der Waals surface area contributed by atoms with E-state index in [1.807, 2.05) is 24.6 Å². The molecule has 1 saturated heterocycles. The Morgan fingerprint density at radius 1 is 1.23 bits per heavy atom. The van der Waals surface area contributed by atoms with Crippen molar-refractivity contribution in [1.29, 1.82) is 0 Å². The topological polar surface area (TPSA) is 57.6 Å². The molecule has 4 rings (SSSR count). The smallest absolute Gasteiger partial charge is 0.324 e. The second kappa shape index (κ2) is 8.94. The van der Waals surface area contributed by atoms with Crippen LogP contribution in [-0.4, -0.2) is 58.5 Å². The number of likely N-dealkylation sites (tertiary alicyclic amines) is 1. The third-order valence-electron chi connectivity index (χ3n) is 7.02. The van der Waals surface area contributed by atoms with Gasteiger partial charge in [-0.25, -0.2) is 14.9 Å². The Hall–Kier alpha value is -1.86. The minimum atomic E-state index is -0.131. The van der Waals surface area contributed by atoms with Crippen LogP contribution in [0.3, 0.4) is 0 Å². The van der Waals surface area contributed by atoms with Gasteiger partial charge in [-0.05, 0) is 98.7 Å². The SMILES string of the molecule is CCCN1CCC[C@@H]2c3cc(C(C)=O)cc4c3c(c(Br)n4NC(=O)N(CC)CC)C[C@H]21. The Balaban J connectivity index is 1.88. The molecular formula is C24H33BrN4O2. The minimum Gasteiger partial charge on any atom is -0.324 e. The average molecular weight is 489 g/mol. The molecule has 6 nitrogen and oxygen atoms in total. The number of nitrogens with one attached hydrogen (secondary N) is 1. The standard InChI is InChI=1S/C24H33BrN4O2/c1-5-10-28-11-8-9-17-18-12-16(15(4)30)13-21-22(18)19(14-20(17)28)23(25)29(21)26-24(31)27(6-2)7-3/h12-13,17,20H,5-11,14H2,1-4H3,(H,26,31)/t17-,20-/m1/s1. The van der Waals surface area contributed by atoms with Crippen LogP contribution in [0, 0.1) is 0 Å². The van der Waals surface area contributed by atoms with Gasteiger partial charge in [-0.15, -0.1) is 0 Å². The predicted octanol–water partition coefficient (Wildman–Crippen LogP) is 5.13. The van der Waals surface area contributed by atoms with Crippen molar-refractivity contribution in [2.75, 3.05) is 31.6 Å². The molecule has 1 aromatic heterocycles. The molecular weight excluding hydrogens is 456 g/mol. The number of aromatic nitrogens is 1. The van der Waals surface area contributed by atoms with Crippen LogP contribution >= 0.6 is 15.9 Å². The zero-order chi connectivity index (χ0) is 22.3. The van der Waals surface area contributed by atoms with Gasteiger partial charge in [0.15, 0.2) is 5.78 Å². The van der Waals surface area contributed by atoms with Crippen LogP contribution in [0.15, 0.2) is 16.7 Å². The third kappa shape index (κ3) is 3.80. The van der Waals surface area contributed by atoms with E-state index in [4.69, 9.17) is 0 Å². The van der Waals surface area contributed by atoms with E-state index in [0.29, 0.717) is 30.6 Å². The molecule has 168 valence electrons. The number of rotatable bonds is 6. The number of piperidine rings is 1. The molecule has 1 aromatic carbocycles. The fraction of sp³-hybridized carbons (Fsp3) is 0.583. The van der Waals surface area contributed by atoms with Gasteiger partial charge in [-0.3, -0.25) is 9.69 Å². The van der Waals surface area contributed by atoms with Crippen LogP contribution < -0.4 is 5.43 Å². The molecule has 1 aliphatic carbocycles. The molecule has 0 bridgehead atoms. The molecule has 0 spiro atoms. The molecule has 2 atom stereocenters. The van der Waals surface area contributed by atoms with Crippen molar-refractivity contribution in [3.05, 3.63) is 33.4 Å². The highest BCUT2D eigenvalue weighted by atomic mass is 79.9. The highest BCUT2D eigenvalue weighted by molar-refractivity contribution is 9.10. The summed E-state index contributed by atoms with van der Waals surface area (Å²) in [5, 5.41) is 1.20. The summed E-state index contributed by atoms with van der Waals surface area (Å²) in [5.74, 6) is 0.484. The van der Waals surface area contributed by atoms with E-state index < -0.39 is 0 Å². The van der Waals surface area contributed by atoms with Gasteiger partial charge in [0, 0.05) is 36.0 Å². The van der Waals surface area contributed by atoms with E-state index in [9.17, 15) is 9.59 Å². The van der Waals surface area contributed by atoms with Crippen LogP contribution in [0.1, 0.15) is 74.4 Å². The monoisotopic (exact) mass is 488 g/mol. The van der Waals surface area contributed by atoms with Crippen molar-refractivity contribution in [1.82, 2.24) is 14.5 Å². The number of ketones is 1. The van der Waals surface area contributed by atoms with E-state index in [2.05, 4.69) is 39.2 Å². The molecule has 1 fully saturated rings. The highest BCUT2D eigenvalue weighted by Gasteiger charge is 2.39. The normalized spacial score (nSPS) is 20.5. The van der Waals surface area contributed by atoms with E-state index >= 15 is 0 Å². The maximum atomic E-state index is 12.9. The molecule has 2 amide bonds. The number of Topliss-reactive ketones (excluding diaryl/α,β-unsaturated/α-hetero) is 1. The van der Waals surface area contributed by atoms with Gasteiger partial charge in [-0.1, -0.05) is 6.92 Å². The first-order chi connectivity index (χ1) is 14.9. The Labute approximate surface area is 193 Å². The molecule has 2 heterocycles. The van der Waals surface area contributed by atoms with Gasteiger partial charge in [0.2, 0.25) is 0 Å². The van der Waals surface area contributed by atoms with Gasteiger partial charge in [0.1, 0.15) is 4.60 Å². The lowest BCUT2D eigenvalue weighted by Crippen LogP contribution is -2.47. The fourth-order valence-electron chi connectivity index (χ4n) is 5.50. The molecule has 0 saturated carbocycles. The summed E-state index contributed by atoms with van der Waals surface area (Å²) in [6.45, 7) is 11.3. The third-order valence-corrected chi connectivity index (χ3v) is 7.85. The molecule has 0 unspecified atom stereocenters. The van der Waals surface area contributed by atoms with E-state index in [-0.39, 0.29) is 11.8 Å². The van der Waals surface area contributed by atoms with Gasteiger partial charge in [0.05, 0.1) is 5.52 Å². The van der Waals surface area contributed by atoms with E-state index in [1.54, 1.807) is 11.8 Å². The second-order valence-corrected chi connectivity index (χ2v) is 9.52. The number of nitrogens with zero attached hydrogens (tertiary/aromatic N) is 3. The Kier molecular flexibility index (Phi) is 6.44. The van der Waals surface area contributed by atoms with Crippen molar-refractivity contribution in [3.8, 4) is 0 Å². The van der Waals surface area contributed by atoms with Gasteiger partial charge in [0.25, 0.3) is 0 Å². The Morgan fingerprint density at radius 2 is 1.97 bits per heavy atom. The molecule has 1 aliphatic heterocycles. The van der Waals surface area contributed by atoms with Crippen molar-refractivity contribution < 1.29 is 9.59 Å². The minimum absolute atomic E-state index is 0.0574. The summed E-state index contributed by atoms with van der Waals surface area (Å²) < 4.78 is 2.74. The Bertz CT molecular complexity index is 1010. The second-order valence-electron chi connectivity index (χ2n) is 8.77. The van der Waals surface area contributed by atoms with E-state index in [0.717, 1.165) is 42.5 Å². The number of hydrogen-bond donors (Lipinski definition) is 1. The molecule has 2 aliphatic rings. The average Bonchev–Trinajstić information content (AvgIpc) is 3.02. The number of urea groups is 1. The predicted molar refractivity (Wildman–Crippen MR) is 129 cm³/mol. The maximum Gasteiger partial charge on any atom is 0.336 e. The summed E-state index contributed by atoms with van der Waals surface area (Å²) in [6.07, 6.45) is 4.43. The largest absolute Gasteiger partial charge is 0.336 e. The Morgan fingerprint density at radius 3 is 2.61 bits per heavy atom. The summed E-state index contributed by atoms with van der Waals surface area (Å²) >= 11 is 3.81. The molecule has 1 N–H and O–H groups in total. The fourth-order valence-corrected chi connectivity index (χ4v) is 6.14. The van der Waals surface area contributed by atoms with Crippen LogP contribution in [0.2, 0.25) is 0 Å². The number of carbonyl (C=O) groups is 2. The quantitative estimate of drug-likeness (QED) is 0.573. The number of halogens is 1. The number of fused-ring (bicyclic) bond motifs is 2. The van der Waals surface area contributed by atoms with Crippen molar-refractivity contribution >= 4 is 38.6 Å². The first-order valence-electron chi connectivity index (χ1n) is 11.6. The van der Waals surface area contributed by atoms with Crippen LogP contribution in [0.25, 0.3) is 10.9 Å². The van der Waals surface area contributed by atoms with Crippen LogP contribution in [-0.2, 0) is 6.42 Å². The van der Waals surface area contributed by atoms with Gasteiger partial charge in [-0.2, -0.15) is 0 Å². The summed E-state index contributed by atoms with van der Waals surface area (Å²) in [6, 6.07) is 4.36. The number of hydrogen-bond acceptors (Lipinski definition) is 3. The first-order valence-corrected chi connectivity index (χ1v) is 12.4. The number of carbonyl (C=O) groups excluding carboxylic acids is 2. The van der Waals surface area contributed by atoms with Crippen molar-refractivity contribution in [3.63, 3.8) is 0 Å². The van der Waals surface area contributed by atoms with Crippen LogP contribution in [0.5, 0.6) is 0 Å². The lowest BCUT2D eigenvalue weighted by atomic mass is 9.74. The first kappa shape index (κ1) is 22.3. The number of benzene rings is 1. The van der Waals surface area contributed by atoms with E-state index in [1.165, 1.54) is 22.9 Å². The van der Waals surface area contributed by atoms with Crippen molar-refractivity contribution in [2.24, 2.45) is 0 Å². The van der Waals surface area contributed by atoms with Crippen molar-refractivity contribution in [2.45, 2.75) is 65.3 Å². The zero-order valence-electron chi connectivity index (χ0n) is 19.0.